The van der Waals surface area contributed by atoms with Gasteiger partial charge in [0.1, 0.15) is 6.54 Å². The molecule has 1 aliphatic rings. The van der Waals surface area contributed by atoms with Gasteiger partial charge >= 0.3 is 11.0 Å². The maximum Gasteiger partial charge on any atom is 0.325 e. The van der Waals surface area contributed by atoms with Crippen molar-refractivity contribution in [3.05, 3.63) is 27.1 Å². The molecular weight excluding hydrogens is 284 g/mol. The lowest BCUT2D eigenvalue weighted by atomic mass is 10.2. The molecule has 1 aliphatic carbocycles. The first kappa shape index (κ1) is 14.4. The summed E-state index contributed by atoms with van der Waals surface area (Å²) < 4.78 is 4.84. The topological polar surface area (TPSA) is 89.8 Å². The van der Waals surface area contributed by atoms with E-state index in [1.54, 1.807) is 6.92 Å². The highest BCUT2D eigenvalue weighted by Crippen LogP contribution is 2.30. The summed E-state index contributed by atoms with van der Waals surface area (Å²) in [5.74, 6) is -0.817. The fourth-order valence-corrected chi connectivity index (χ4v) is 2.49. The van der Waals surface area contributed by atoms with Crippen LogP contribution in [-0.4, -0.2) is 40.9 Å². The summed E-state index contributed by atoms with van der Waals surface area (Å²) in [6, 6.07) is 1.28. The molecule has 0 aliphatic heterocycles. The van der Waals surface area contributed by atoms with Crippen LogP contribution in [0, 0.1) is 10.1 Å². The van der Waals surface area contributed by atoms with Crippen LogP contribution in [0.1, 0.15) is 30.1 Å². The van der Waals surface area contributed by atoms with Crippen LogP contribution in [0.4, 0.5) is 5.00 Å². The number of nitro groups is 1. The Morgan fingerprint density at radius 3 is 2.75 bits per heavy atom. The molecule has 8 heteroatoms. The van der Waals surface area contributed by atoms with Crippen molar-refractivity contribution in [2.45, 2.75) is 25.8 Å². The van der Waals surface area contributed by atoms with Gasteiger partial charge in [-0.1, -0.05) is 11.3 Å². The van der Waals surface area contributed by atoms with E-state index in [4.69, 9.17) is 4.74 Å². The van der Waals surface area contributed by atoms with Gasteiger partial charge in [-0.15, -0.1) is 0 Å². The predicted molar refractivity (Wildman–Crippen MR) is 71.7 cm³/mol. The molecule has 0 radical (unpaired) electrons. The Kier molecular flexibility index (Phi) is 4.33. The predicted octanol–water partition coefficient (Wildman–Crippen LogP) is 1.82. The van der Waals surface area contributed by atoms with E-state index in [0.717, 1.165) is 24.2 Å². The van der Waals surface area contributed by atoms with Crippen LogP contribution in [0.15, 0.2) is 11.4 Å². The number of thiophene rings is 1. The van der Waals surface area contributed by atoms with Crippen molar-refractivity contribution in [2.75, 3.05) is 13.2 Å². The van der Waals surface area contributed by atoms with E-state index < -0.39 is 10.9 Å². The van der Waals surface area contributed by atoms with Crippen LogP contribution in [0.5, 0.6) is 0 Å². The van der Waals surface area contributed by atoms with Crippen LogP contribution in [-0.2, 0) is 9.53 Å². The third kappa shape index (κ3) is 3.32. The minimum Gasteiger partial charge on any atom is -0.465 e. The molecule has 0 spiro atoms. The van der Waals surface area contributed by atoms with E-state index in [1.165, 1.54) is 16.3 Å². The van der Waals surface area contributed by atoms with Crippen molar-refractivity contribution < 1.29 is 19.2 Å². The zero-order chi connectivity index (χ0) is 14.7. The number of hydrogen-bond donors (Lipinski definition) is 0. The average Bonchev–Trinajstić information content (AvgIpc) is 3.11. The van der Waals surface area contributed by atoms with Crippen molar-refractivity contribution in [3.63, 3.8) is 0 Å². The Labute approximate surface area is 119 Å². The van der Waals surface area contributed by atoms with Gasteiger partial charge < -0.3 is 9.64 Å². The van der Waals surface area contributed by atoms with Crippen molar-refractivity contribution in [1.82, 2.24) is 4.90 Å². The van der Waals surface area contributed by atoms with Crippen LogP contribution >= 0.6 is 11.3 Å². The average molecular weight is 298 g/mol. The highest BCUT2D eigenvalue weighted by Gasteiger charge is 2.35. The molecule has 1 saturated carbocycles. The van der Waals surface area contributed by atoms with E-state index >= 15 is 0 Å². The Balaban J connectivity index is 2.10. The van der Waals surface area contributed by atoms with E-state index in [0.29, 0.717) is 0 Å². The number of carbonyl (C=O) groups is 2. The largest absolute Gasteiger partial charge is 0.465 e. The van der Waals surface area contributed by atoms with Gasteiger partial charge in [-0.05, 0) is 19.8 Å². The molecule has 1 aromatic rings. The van der Waals surface area contributed by atoms with E-state index in [1.807, 2.05) is 0 Å². The summed E-state index contributed by atoms with van der Waals surface area (Å²) in [6.45, 7) is 1.85. The van der Waals surface area contributed by atoms with Crippen molar-refractivity contribution in [1.29, 1.82) is 0 Å². The highest BCUT2D eigenvalue weighted by atomic mass is 32.1. The van der Waals surface area contributed by atoms with Gasteiger partial charge in [0, 0.05) is 17.5 Å². The fraction of sp³-hybridized carbons (Fsp3) is 0.500. The summed E-state index contributed by atoms with van der Waals surface area (Å²) in [7, 11) is 0. The third-order valence-electron chi connectivity index (χ3n) is 2.87. The maximum atomic E-state index is 12.3. The molecule has 0 N–H and O–H groups in total. The molecule has 0 atom stereocenters. The molecule has 20 heavy (non-hydrogen) atoms. The third-order valence-corrected chi connectivity index (χ3v) is 3.75. The Bertz CT molecular complexity index is 538. The molecule has 0 bridgehead atoms. The zero-order valence-corrected chi connectivity index (χ0v) is 11.7. The van der Waals surface area contributed by atoms with Crippen molar-refractivity contribution >= 4 is 28.2 Å². The second kappa shape index (κ2) is 6.00. The molecule has 0 saturated heterocycles. The number of ether oxygens (including phenoxy) is 1. The van der Waals surface area contributed by atoms with Crippen LogP contribution in [0.25, 0.3) is 0 Å². The Morgan fingerprint density at radius 2 is 2.25 bits per heavy atom. The number of hydrogen-bond acceptors (Lipinski definition) is 6. The minimum absolute atomic E-state index is 0.0332. The molecule has 7 nitrogen and oxygen atoms in total. The van der Waals surface area contributed by atoms with Gasteiger partial charge in [0.25, 0.3) is 5.91 Å². The number of carbonyl (C=O) groups excluding carboxylic acids is 2. The number of nitrogens with zero attached hydrogens (tertiary/aromatic N) is 2. The Hall–Kier alpha value is -1.96. The molecule has 0 aromatic carbocycles. The van der Waals surface area contributed by atoms with Crippen molar-refractivity contribution in [2.24, 2.45) is 0 Å². The lowest BCUT2D eigenvalue weighted by Gasteiger charge is -2.20. The lowest BCUT2D eigenvalue weighted by Crippen LogP contribution is -2.38. The molecular formula is C12H14N2O5S. The molecule has 1 amide bonds. The zero-order valence-electron chi connectivity index (χ0n) is 10.9. The van der Waals surface area contributed by atoms with Gasteiger partial charge in [-0.25, -0.2) is 0 Å². The standard InChI is InChI=1S/C12H14N2O5S/c1-2-19-11(15)6-13(9-3-4-9)12(16)8-5-10(14(17)18)20-7-8/h5,7,9H,2-4,6H2,1H3. The second-order valence-corrected chi connectivity index (χ2v) is 5.29. The number of amides is 1. The van der Waals surface area contributed by atoms with Crippen LogP contribution in [0.2, 0.25) is 0 Å². The summed E-state index contributed by atoms with van der Waals surface area (Å²) in [5.41, 5.74) is 0.248. The molecule has 108 valence electrons. The normalized spacial score (nSPS) is 13.8. The minimum atomic E-state index is -0.533. The second-order valence-electron chi connectivity index (χ2n) is 4.40. The SMILES string of the molecule is CCOC(=O)CN(C(=O)c1csc([N+](=O)[O-])c1)C1CC1. The van der Waals surface area contributed by atoms with E-state index in [-0.39, 0.29) is 35.7 Å². The molecule has 1 heterocycles. The number of rotatable bonds is 6. The van der Waals surface area contributed by atoms with Crippen LogP contribution in [0.3, 0.4) is 0 Å². The monoisotopic (exact) mass is 298 g/mol. The highest BCUT2D eigenvalue weighted by molar-refractivity contribution is 7.13. The van der Waals surface area contributed by atoms with Gasteiger partial charge in [-0.3, -0.25) is 19.7 Å². The van der Waals surface area contributed by atoms with Gasteiger partial charge in [-0.2, -0.15) is 0 Å². The summed E-state index contributed by atoms with van der Waals surface area (Å²) >= 11 is 0.902. The summed E-state index contributed by atoms with van der Waals surface area (Å²) in [4.78, 5) is 35.4. The fourth-order valence-electron chi connectivity index (χ4n) is 1.80. The van der Waals surface area contributed by atoms with Gasteiger partial charge in [0.05, 0.1) is 17.1 Å². The summed E-state index contributed by atoms with van der Waals surface area (Å²) in [6.07, 6.45) is 1.69. The Morgan fingerprint density at radius 1 is 1.55 bits per heavy atom. The van der Waals surface area contributed by atoms with E-state index in [2.05, 4.69) is 0 Å². The first-order chi connectivity index (χ1) is 9.52. The molecule has 1 aromatic heterocycles. The molecule has 1 fully saturated rings. The van der Waals surface area contributed by atoms with Crippen molar-refractivity contribution in [3.8, 4) is 0 Å². The lowest BCUT2D eigenvalue weighted by molar-refractivity contribution is -0.380. The van der Waals surface area contributed by atoms with Gasteiger partial charge in [0.15, 0.2) is 0 Å². The number of esters is 1. The van der Waals surface area contributed by atoms with Crippen LogP contribution < -0.4 is 0 Å². The smallest absolute Gasteiger partial charge is 0.325 e. The summed E-state index contributed by atoms with van der Waals surface area (Å²) in [5, 5.41) is 12.0. The molecule has 2 rings (SSSR count). The van der Waals surface area contributed by atoms with E-state index in [9.17, 15) is 19.7 Å². The first-order valence-corrected chi connectivity index (χ1v) is 7.10. The molecule has 0 unspecified atom stereocenters. The maximum absolute atomic E-state index is 12.3. The quantitative estimate of drug-likeness (QED) is 0.454. The first-order valence-electron chi connectivity index (χ1n) is 6.22. The van der Waals surface area contributed by atoms with Gasteiger partial charge in [0.2, 0.25) is 0 Å².